The molecule has 0 aromatic heterocycles. The van der Waals surface area contributed by atoms with Gasteiger partial charge in [0.2, 0.25) is 0 Å². The van der Waals surface area contributed by atoms with Crippen molar-refractivity contribution in [3.63, 3.8) is 0 Å². The van der Waals surface area contributed by atoms with Crippen LogP contribution in [0.5, 0.6) is 0 Å². The van der Waals surface area contributed by atoms with E-state index in [2.05, 4.69) is 13.2 Å². The van der Waals surface area contributed by atoms with E-state index >= 15 is 0 Å². The van der Waals surface area contributed by atoms with Gasteiger partial charge in [-0.15, -0.1) is 0 Å². The highest BCUT2D eigenvalue weighted by Gasteiger charge is 2.00. The number of hydrogen-bond donors (Lipinski definition) is 2. The molecule has 2 N–H and O–H groups in total. The number of benzene rings is 1. The summed E-state index contributed by atoms with van der Waals surface area (Å²) in [5, 5.41) is 16.8. The molecule has 0 fully saturated rings. The van der Waals surface area contributed by atoms with Crippen LogP contribution in [0.2, 0.25) is 0 Å². The molecule has 0 aliphatic heterocycles. The fourth-order valence-corrected chi connectivity index (χ4v) is 1.08. The summed E-state index contributed by atoms with van der Waals surface area (Å²) in [5.74, 6) is -0.935. The Labute approximate surface area is 113 Å². The van der Waals surface area contributed by atoms with E-state index < -0.39 is 12.3 Å². The molecule has 0 aliphatic rings. The maximum Gasteiger partial charge on any atom is 0.330 e. The van der Waals surface area contributed by atoms with Crippen LogP contribution in [0.4, 0.5) is 0 Å². The molecule has 0 amide bonds. The molecule has 0 heterocycles. The first kappa shape index (κ1) is 17.1. The summed E-state index contributed by atoms with van der Waals surface area (Å²) in [6.07, 6.45) is 1.05. The molecule has 0 saturated heterocycles. The number of carboxylic acids is 1. The Morgan fingerprint density at radius 1 is 1.47 bits per heavy atom. The van der Waals surface area contributed by atoms with E-state index in [1.807, 2.05) is 24.3 Å². The third kappa shape index (κ3) is 7.91. The minimum absolute atomic E-state index is 0.176. The highest BCUT2D eigenvalue weighted by Crippen LogP contribution is 2.11. The van der Waals surface area contributed by atoms with Crippen LogP contribution in [0.25, 0.3) is 6.08 Å². The summed E-state index contributed by atoms with van der Waals surface area (Å²) in [5.41, 5.74) is 2.26. The smallest absolute Gasteiger partial charge is 0.330 e. The number of ether oxygens (including phenoxy) is 1. The van der Waals surface area contributed by atoms with Crippen molar-refractivity contribution in [1.29, 1.82) is 0 Å². The molecule has 4 heteroatoms. The van der Waals surface area contributed by atoms with Crippen molar-refractivity contribution in [1.82, 2.24) is 0 Å². The number of aliphatic carboxylic acids is 1. The molecule has 0 radical (unpaired) electrons. The maximum atomic E-state index is 9.60. The van der Waals surface area contributed by atoms with E-state index in [0.29, 0.717) is 6.61 Å². The monoisotopic (exact) mass is 264 g/mol. The van der Waals surface area contributed by atoms with Gasteiger partial charge in [-0.1, -0.05) is 43.5 Å². The van der Waals surface area contributed by atoms with Crippen LogP contribution < -0.4 is 0 Å². The highest BCUT2D eigenvalue weighted by atomic mass is 16.6. The van der Waals surface area contributed by atoms with E-state index in [1.54, 1.807) is 13.0 Å². The van der Waals surface area contributed by atoms with E-state index in [4.69, 9.17) is 14.9 Å². The Bertz CT molecular complexity index is 424. The predicted molar refractivity (Wildman–Crippen MR) is 75.5 cm³/mol. The molecule has 0 aliphatic carbocycles. The largest absolute Gasteiger partial charge is 0.478 e. The third-order valence-corrected chi connectivity index (χ3v) is 2.12. The van der Waals surface area contributed by atoms with Gasteiger partial charge in [0.25, 0.3) is 0 Å². The topological polar surface area (TPSA) is 66.8 Å². The van der Waals surface area contributed by atoms with Gasteiger partial charge >= 0.3 is 5.97 Å². The molecule has 1 atom stereocenters. The highest BCUT2D eigenvalue weighted by molar-refractivity contribution is 5.84. The fourth-order valence-electron chi connectivity index (χ4n) is 1.08. The first-order chi connectivity index (χ1) is 8.88. The van der Waals surface area contributed by atoms with Gasteiger partial charge in [-0.05, 0) is 25.0 Å². The van der Waals surface area contributed by atoms with Crippen LogP contribution in [-0.2, 0) is 16.1 Å². The molecule has 0 bridgehead atoms. The van der Waals surface area contributed by atoms with Crippen LogP contribution in [-0.4, -0.2) is 22.5 Å². The van der Waals surface area contributed by atoms with Crippen molar-refractivity contribution >= 4 is 12.0 Å². The Morgan fingerprint density at radius 2 is 2.00 bits per heavy atom. The van der Waals surface area contributed by atoms with Crippen molar-refractivity contribution in [2.75, 3.05) is 0 Å². The molecule has 1 aromatic rings. The summed E-state index contributed by atoms with van der Waals surface area (Å²) in [7, 11) is 0. The van der Waals surface area contributed by atoms with Gasteiger partial charge < -0.3 is 14.9 Å². The van der Waals surface area contributed by atoms with Crippen molar-refractivity contribution in [3.8, 4) is 0 Å². The number of rotatable bonds is 5. The van der Waals surface area contributed by atoms with E-state index in [1.165, 1.54) is 6.92 Å². The van der Waals surface area contributed by atoms with Crippen molar-refractivity contribution in [2.45, 2.75) is 26.7 Å². The van der Waals surface area contributed by atoms with Crippen LogP contribution in [0.1, 0.15) is 25.0 Å². The van der Waals surface area contributed by atoms with Gasteiger partial charge in [0.15, 0.2) is 6.29 Å². The standard InChI is InChI=1S/C11H14O2.C4H6O2/c1-3-10-6-4-5-7-11(10)8-13-9(2)12;1-3(2)4(5)6/h3-7,9,12H,1,8H2,2H3;1H2,2H3,(H,5,6). The lowest BCUT2D eigenvalue weighted by molar-refractivity contribution is -0.132. The maximum absolute atomic E-state index is 9.60. The quantitative estimate of drug-likeness (QED) is 0.634. The van der Waals surface area contributed by atoms with Gasteiger partial charge in [0.1, 0.15) is 0 Å². The fraction of sp³-hybridized carbons (Fsp3) is 0.267. The molecule has 4 nitrogen and oxygen atoms in total. The lowest BCUT2D eigenvalue weighted by atomic mass is 10.1. The zero-order valence-corrected chi connectivity index (χ0v) is 11.3. The number of carbonyl (C=O) groups is 1. The number of hydrogen-bond acceptors (Lipinski definition) is 3. The molecule has 0 saturated carbocycles. The molecule has 104 valence electrons. The lowest BCUT2D eigenvalue weighted by Gasteiger charge is -2.08. The van der Waals surface area contributed by atoms with E-state index in [-0.39, 0.29) is 5.57 Å². The van der Waals surface area contributed by atoms with Crippen LogP contribution in [0.15, 0.2) is 43.0 Å². The Balaban J connectivity index is 0.000000459. The zero-order valence-electron chi connectivity index (χ0n) is 11.3. The predicted octanol–water partition coefficient (Wildman–Crippen LogP) is 2.83. The molecule has 0 spiro atoms. The minimum Gasteiger partial charge on any atom is -0.478 e. The number of aliphatic hydroxyl groups is 1. The Kier molecular flexibility index (Phi) is 8.17. The van der Waals surface area contributed by atoms with Gasteiger partial charge in [0.05, 0.1) is 6.61 Å². The lowest BCUT2D eigenvalue weighted by Crippen LogP contribution is -2.06. The second-order valence-electron chi connectivity index (χ2n) is 3.90. The zero-order chi connectivity index (χ0) is 14.8. The molecular formula is C15H20O4. The summed E-state index contributed by atoms with van der Waals surface area (Å²) in [6, 6.07) is 7.81. The van der Waals surface area contributed by atoms with Gasteiger partial charge in [-0.2, -0.15) is 0 Å². The summed E-state index contributed by atoms with van der Waals surface area (Å²) in [4.78, 5) is 9.60. The summed E-state index contributed by atoms with van der Waals surface area (Å²) >= 11 is 0. The minimum atomic E-state index is -0.935. The normalized spacial score (nSPS) is 10.9. The van der Waals surface area contributed by atoms with Crippen molar-refractivity contribution in [3.05, 3.63) is 54.1 Å². The number of carboxylic acid groups (broad SMARTS) is 1. The average Bonchev–Trinajstić information content (AvgIpc) is 2.37. The van der Waals surface area contributed by atoms with Crippen LogP contribution >= 0.6 is 0 Å². The Morgan fingerprint density at radius 3 is 2.42 bits per heavy atom. The van der Waals surface area contributed by atoms with Crippen molar-refractivity contribution < 1.29 is 19.7 Å². The van der Waals surface area contributed by atoms with Crippen LogP contribution in [0.3, 0.4) is 0 Å². The van der Waals surface area contributed by atoms with Gasteiger partial charge in [0, 0.05) is 5.57 Å². The summed E-state index contributed by atoms with van der Waals surface area (Å²) < 4.78 is 5.08. The van der Waals surface area contributed by atoms with Gasteiger partial charge in [-0.3, -0.25) is 0 Å². The number of aliphatic hydroxyl groups excluding tert-OH is 1. The first-order valence-corrected chi connectivity index (χ1v) is 5.77. The molecular weight excluding hydrogens is 244 g/mol. The molecule has 1 aromatic carbocycles. The third-order valence-electron chi connectivity index (χ3n) is 2.12. The van der Waals surface area contributed by atoms with Crippen molar-refractivity contribution in [2.24, 2.45) is 0 Å². The van der Waals surface area contributed by atoms with E-state index in [9.17, 15) is 4.79 Å². The summed E-state index contributed by atoms with van der Waals surface area (Å²) in [6.45, 7) is 10.3. The molecule has 1 rings (SSSR count). The van der Waals surface area contributed by atoms with Gasteiger partial charge in [-0.25, -0.2) is 4.79 Å². The average molecular weight is 264 g/mol. The molecule has 1 unspecified atom stereocenters. The SMILES string of the molecule is C=C(C)C(=O)O.C=Cc1ccccc1COC(C)O. The Hall–Kier alpha value is -1.91. The molecule has 19 heavy (non-hydrogen) atoms. The van der Waals surface area contributed by atoms with Crippen LogP contribution in [0, 0.1) is 0 Å². The van der Waals surface area contributed by atoms with E-state index in [0.717, 1.165) is 11.1 Å². The first-order valence-electron chi connectivity index (χ1n) is 5.77. The second kappa shape index (κ2) is 9.08. The second-order valence-corrected chi connectivity index (χ2v) is 3.90.